The number of aryl methyl sites for hydroxylation is 1. The third-order valence-electron chi connectivity index (χ3n) is 6.73. The molecule has 0 saturated carbocycles. The van der Waals surface area contributed by atoms with Crippen molar-refractivity contribution in [2.24, 2.45) is 5.73 Å². The Morgan fingerprint density at radius 1 is 1.15 bits per heavy atom. The number of hydrogen-bond acceptors (Lipinski definition) is 7. The predicted molar refractivity (Wildman–Crippen MR) is 135 cm³/mol. The summed E-state index contributed by atoms with van der Waals surface area (Å²) in [5.74, 6) is 1.10. The van der Waals surface area contributed by atoms with E-state index in [2.05, 4.69) is 35.3 Å². The Morgan fingerprint density at radius 3 is 2.76 bits per heavy atom. The lowest BCUT2D eigenvalue weighted by atomic mass is 9.91. The van der Waals surface area contributed by atoms with Crippen LogP contribution in [0.5, 0.6) is 0 Å². The highest BCUT2D eigenvalue weighted by Crippen LogP contribution is 2.51. The summed E-state index contributed by atoms with van der Waals surface area (Å²) in [5.41, 5.74) is 10.4. The standard InChI is InChI=1S/C25H32N4O3S/c1-18-6-7-21-20(14-18)22(27-17-25(26)8-11-32-12-9-25)15-24(28-21)29-10-13-33(30,31)23-5-3-2-4-19(23)16-29/h2-7,14-15,30-31H,8-13,16-17,26H2,1H3,(H,27,28). The van der Waals surface area contributed by atoms with Crippen molar-refractivity contribution in [1.82, 2.24) is 4.98 Å². The van der Waals surface area contributed by atoms with Crippen molar-refractivity contribution in [1.29, 1.82) is 0 Å². The van der Waals surface area contributed by atoms with Crippen LogP contribution in [-0.4, -0.2) is 51.7 Å². The fourth-order valence-electron chi connectivity index (χ4n) is 4.64. The molecular weight excluding hydrogens is 436 g/mol. The molecule has 1 aromatic heterocycles. The van der Waals surface area contributed by atoms with E-state index in [1.807, 2.05) is 30.3 Å². The fraction of sp³-hybridized carbons (Fsp3) is 0.400. The first-order chi connectivity index (χ1) is 15.8. The monoisotopic (exact) mass is 468 g/mol. The maximum atomic E-state index is 10.7. The van der Waals surface area contributed by atoms with Crippen LogP contribution in [0, 0.1) is 6.92 Å². The Morgan fingerprint density at radius 2 is 1.94 bits per heavy atom. The molecule has 33 heavy (non-hydrogen) atoms. The Hall–Kier alpha value is -2.36. The molecule has 0 atom stereocenters. The summed E-state index contributed by atoms with van der Waals surface area (Å²) in [5, 5.41) is 4.68. The van der Waals surface area contributed by atoms with Crippen LogP contribution in [0.4, 0.5) is 11.5 Å². The number of benzene rings is 2. The summed E-state index contributed by atoms with van der Waals surface area (Å²) < 4.78 is 27.0. The van der Waals surface area contributed by atoms with Gasteiger partial charge in [-0.2, -0.15) is 10.6 Å². The zero-order valence-corrected chi connectivity index (χ0v) is 19.8. The first kappa shape index (κ1) is 22.4. The number of nitrogens with one attached hydrogen (secondary N) is 1. The number of nitrogens with zero attached hydrogens (tertiary/aromatic N) is 2. The molecule has 0 spiro atoms. The SMILES string of the molecule is Cc1ccc2nc(N3CCS(O)(O)c4ccccc4C3)cc(NCC3(N)CCOCC3)c2c1. The highest BCUT2D eigenvalue weighted by atomic mass is 32.3. The third-order valence-corrected chi connectivity index (χ3v) is 8.58. The number of anilines is 2. The molecule has 2 aromatic carbocycles. The van der Waals surface area contributed by atoms with Gasteiger partial charge in [-0.3, -0.25) is 9.11 Å². The smallest absolute Gasteiger partial charge is 0.131 e. The molecule has 2 aliphatic heterocycles. The lowest BCUT2D eigenvalue weighted by molar-refractivity contribution is 0.0575. The van der Waals surface area contributed by atoms with Crippen molar-refractivity contribution in [2.75, 3.05) is 42.3 Å². The van der Waals surface area contributed by atoms with Crippen LogP contribution in [-0.2, 0) is 11.3 Å². The molecule has 0 aliphatic carbocycles. The van der Waals surface area contributed by atoms with Crippen LogP contribution in [0.15, 0.2) is 53.4 Å². The van der Waals surface area contributed by atoms with Gasteiger partial charge in [0.25, 0.3) is 0 Å². The molecule has 3 heterocycles. The summed E-state index contributed by atoms with van der Waals surface area (Å²) in [6, 6.07) is 15.9. The van der Waals surface area contributed by atoms with Gasteiger partial charge in [-0.15, -0.1) is 0 Å². The molecular formula is C25H32N4O3S. The molecule has 176 valence electrons. The van der Waals surface area contributed by atoms with Gasteiger partial charge in [0.2, 0.25) is 0 Å². The third kappa shape index (κ3) is 4.67. The maximum absolute atomic E-state index is 10.7. The molecule has 0 amide bonds. The predicted octanol–water partition coefficient (Wildman–Crippen LogP) is 4.59. The van der Waals surface area contributed by atoms with E-state index in [0.29, 0.717) is 37.7 Å². The lowest BCUT2D eigenvalue weighted by Crippen LogP contribution is -2.50. The first-order valence-corrected chi connectivity index (χ1v) is 13.2. The summed E-state index contributed by atoms with van der Waals surface area (Å²) >= 11 is 0. The molecule has 3 aromatic rings. The summed E-state index contributed by atoms with van der Waals surface area (Å²) in [6.45, 7) is 5.22. The van der Waals surface area contributed by atoms with Crippen LogP contribution in [0.3, 0.4) is 0 Å². The molecule has 7 nitrogen and oxygen atoms in total. The van der Waals surface area contributed by atoms with Crippen LogP contribution < -0.4 is 16.0 Å². The highest BCUT2D eigenvalue weighted by Gasteiger charge is 2.29. The zero-order chi connectivity index (χ0) is 23.1. The second kappa shape index (κ2) is 8.77. The number of aromatic nitrogens is 1. The van der Waals surface area contributed by atoms with Crippen LogP contribution >= 0.6 is 10.6 Å². The molecule has 8 heteroatoms. The molecule has 1 saturated heterocycles. The van der Waals surface area contributed by atoms with Gasteiger partial charge in [-0.1, -0.05) is 29.8 Å². The van der Waals surface area contributed by atoms with E-state index in [1.165, 1.54) is 5.56 Å². The highest BCUT2D eigenvalue weighted by molar-refractivity contribution is 8.24. The van der Waals surface area contributed by atoms with Gasteiger partial charge in [0.1, 0.15) is 5.82 Å². The Bertz CT molecular complexity index is 1160. The van der Waals surface area contributed by atoms with E-state index in [1.54, 1.807) is 0 Å². The van der Waals surface area contributed by atoms with E-state index in [-0.39, 0.29) is 11.3 Å². The van der Waals surface area contributed by atoms with E-state index in [4.69, 9.17) is 15.5 Å². The fourth-order valence-corrected chi connectivity index (χ4v) is 6.18. The molecule has 0 bridgehead atoms. The van der Waals surface area contributed by atoms with Crippen molar-refractivity contribution >= 4 is 33.0 Å². The van der Waals surface area contributed by atoms with Crippen LogP contribution in [0.1, 0.15) is 24.0 Å². The van der Waals surface area contributed by atoms with Crippen LogP contribution in [0.2, 0.25) is 0 Å². The number of rotatable bonds is 4. The number of pyridine rings is 1. The van der Waals surface area contributed by atoms with E-state index < -0.39 is 10.6 Å². The molecule has 0 radical (unpaired) electrons. The van der Waals surface area contributed by atoms with Gasteiger partial charge in [0, 0.05) is 55.5 Å². The van der Waals surface area contributed by atoms with Gasteiger partial charge >= 0.3 is 0 Å². The van der Waals surface area contributed by atoms with Gasteiger partial charge in [0.05, 0.1) is 16.2 Å². The molecule has 5 rings (SSSR count). The van der Waals surface area contributed by atoms with Crippen molar-refractivity contribution < 1.29 is 13.8 Å². The van der Waals surface area contributed by atoms with E-state index in [9.17, 15) is 9.11 Å². The lowest BCUT2D eigenvalue weighted by Gasteiger charge is -2.34. The zero-order valence-electron chi connectivity index (χ0n) is 19.0. The number of fused-ring (bicyclic) bond motifs is 2. The Kier molecular flexibility index (Phi) is 5.96. The van der Waals surface area contributed by atoms with Crippen molar-refractivity contribution in [3.63, 3.8) is 0 Å². The average molecular weight is 469 g/mol. The van der Waals surface area contributed by atoms with Gasteiger partial charge in [-0.05, 0) is 43.5 Å². The van der Waals surface area contributed by atoms with E-state index in [0.717, 1.165) is 40.8 Å². The van der Waals surface area contributed by atoms with Crippen LogP contribution in [0.25, 0.3) is 10.9 Å². The molecule has 0 unspecified atom stereocenters. The Labute approximate surface area is 196 Å². The quantitative estimate of drug-likeness (QED) is 0.444. The normalized spacial score (nSPS) is 20.7. The average Bonchev–Trinajstić information content (AvgIpc) is 2.94. The van der Waals surface area contributed by atoms with E-state index >= 15 is 0 Å². The molecule has 1 fully saturated rings. The number of ether oxygens (including phenoxy) is 1. The van der Waals surface area contributed by atoms with Gasteiger partial charge in [0.15, 0.2) is 0 Å². The largest absolute Gasteiger partial charge is 0.383 e. The number of hydrogen-bond donors (Lipinski definition) is 4. The second-order valence-corrected chi connectivity index (χ2v) is 11.5. The first-order valence-electron chi connectivity index (χ1n) is 11.4. The minimum absolute atomic E-state index is 0.284. The molecule has 2 aliphatic rings. The summed E-state index contributed by atoms with van der Waals surface area (Å²) in [6.07, 6.45) is 1.66. The second-order valence-electron chi connectivity index (χ2n) is 9.28. The van der Waals surface area contributed by atoms with Crippen molar-refractivity contribution in [3.05, 3.63) is 59.7 Å². The maximum Gasteiger partial charge on any atom is 0.131 e. The Balaban J connectivity index is 1.50. The van der Waals surface area contributed by atoms with Crippen molar-refractivity contribution in [2.45, 2.75) is 36.7 Å². The minimum atomic E-state index is -2.82. The topological polar surface area (TPSA) is 104 Å². The summed E-state index contributed by atoms with van der Waals surface area (Å²) in [4.78, 5) is 7.74. The minimum Gasteiger partial charge on any atom is -0.383 e. The van der Waals surface area contributed by atoms with Crippen molar-refractivity contribution in [3.8, 4) is 0 Å². The molecule has 5 N–H and O–H groups in total. The van der Waals surface area contributed by atoms with Gasteiger partial charge < -0.3 is 20.7 Å². The summed E-state index contributed by atoms with van der Waals surface area (Å²) in [7, 11) is -2.82. The van der Waals surface area contributed by atoms with Gasteiger partial charge in [-0.25, -0.2) is 4.98 Å². The number of nitrogens with two attached hydrogens (primary N) is 1.